The van der Waals surface area contributed by atoms with E-state index in [-0.39, 0.29) is 27.7 Å². The summed E-state index contributed by atoms with van der Waals surface area (Å²) in [5.41, 5.74) is 0.689. The zero-order chi connectivity index (χ0) is 19.0. The van der Waals surface area contributed by atoms with Crippen LogP contribution in [0.3, 0.4) is 0 Å². The fraction of sp³-hybridized carbons (Fsp3) is 0.294. The number of nitrogens with zero attached hydrogens (tertiary/aromatic N) is 5. The van der Waals surface area contributed by atoms with Crippen molar-refractivity contribution in [2.45, 2.75) is 12.8 Å². The average molecular weight is 427 g/mol. The molecule has 0 amide bonds. The number of hydrogen-bond donors (Lipinski definition) is 0. The smallest absolute Gasteiger partial charge is 0.314 e. The molecule has 1 aliphatic rings. The number of piperidine rings is 1. The minimum Gasteiger partial charge on any atom is -0.423 e. The number of esters is 1. The molecule has 0 unspecified atom stereocenters. The van der Waals surface area contributed by atoms with E-state index in [1.165, 1.54) is 12.1 Å². The van der Waals surface area contributed by atoms with Crippen molar-refractivity contribution in [2.24, 2.45) is 5.92 Å². The normalized spacial score (nSPS) is 15.3. The zero-order valence-corrected chi connectivity index (χ0v) is 16.2. The van der Waals surface area contributed by atoms with Crippen molar-refractivity contribution in [1.82, 2.24) is 19.8 Å². The van der Waals surface area contributed by atoms with Crippen molar-refractivity contribution >= 4 is 52.2 Å². The standard InChI is InChI=1S/C17H14Cl3N5O2/c18-11-7-12(19)16(13(20)8-11)27-17(26)10-3-5-24(6-4-10)15-2-1-14-22-21-9-25(14)23-15/h1-2,7-10H,3-6H2. The van der Waals surface area contributed by atoms with Gasteiger partial charge < -0.3 is 9.64 Å². The summed E-state index contributed by atoms with van der Waals surface area (Å²) in [6, 6.07) is 6.75. The predicted molar refractivity (Wildman–Crippen MR) is 103 cm³/mol. The number of benzene rings is 1. The highest BCUT2D eigenvalue weighted by Crippen LogP contribution is 2.36. The zero-order valence-electron chi connectivity index (χ0n) is 14.0. The largest absolute Gasteiger partial charge is 0.423 e. The number of aromatic nitrogens is 4. The Labute approximate surface area is 169 Å². The minimum absolute atomic E-state index is 0.148. The van der Waals surface area contributed by atoms with Crippen LogP contribution in [0.4, 0.5) is 5.82 Å². The summed E-state index contributed by atoms with van der Waals surface area (Å²) in [6.07, 6.45) is 2.84. The second kappa shape index (κ2) is 7.50. The van der Waals surface area contributed by atoms with E-state index in [2.05, 4.69) is 20.2 Å². The summed E-state index contributed by atoms with van der Waals surface area (Å²) in [5, 5.41) is 13.1. The SMILES string of the molecule is O=C(Oc1c(Cl)cc(Cl)cc1Cl)C1CCN(c2ccc3nncn3n2)CC1. The topological polar surface area (TPSA) is 72.6 Å². The van der Waals surface area contributed by atoms with Crippen LogP contribution in [-0.4, -0.2) is 38.9 Å². The van der Waals surface area contributed by atoms with E-state index in [4.69, 9.17) is 39.5 Å². The van der Waals surface area contributed by atoms with Crippen LogP contribution in [0.25, 0.3) is 5.65 Å². The molecule has 1 saturated heterocycles. The maximum atomic E-state index is 12.5. The molecule has 2 aromatic heterocycles. The fourth-order valence-electron chi connectivity index (χ4n) is 3.04. The number of carbonyl (C=O) groups is 1. The third-order valence-electron chi connectivity index (χ3n) is 4.47. The number of fused-ring (bicyclic) bond motifs is 1. The summed E-state index contributed by atoms with van der Waals surface area (Å²) < 4.78 is 7.07. The van der Waals surface area contributed by atoms with E-state index < -0.39 is 0 Å². The lowest BCUT2D eigenvalue weighted by Crippen LogP contribution is -2.38. The molecule has 0 saturated carbocycles. The Morgan fingerprint density at radius 1 is 1.11 bits per heavy atom. The van der Waals surface area contributed by atoms with E-state index in [0.29, 0.717) is 36.6 Å². The van der Waals surface area contributed by atoms with Crippen LogP contribution in [0.1, 0.15) is 12.8 Å². The molecular weight excluding hydrogens is 413 g/mol. The van der Waals surface area contributed by atoms with Crippen molar-refractivity contribution < 1.29 is 9.53 Å². The number of halogens is 3. The van der Waals surface area contributed by atoms with Crippen LogP contribution in [-0.2, 0) is 4.79 Å². The van der Waals surface area contributed by atoms with Gasteiger partial charge in [-0.15, -0.1) is 15.3 Å². The molecule has 4 rings (SSSR count). The maximum absolute atomic E-state index is 12.5. The Hall–Kier alpha value is -2.09. The number of hydrogen-bond acceptors (Lipinski definition) is 6. The van der Waals surface area contributed by atoms with E-state index >= 15 is 0 Å². The first-order chi connectivity index (χ1) is 13.0. The Morgan fingerprint density at radius 3 is 2.52 bits per heavy atom. The second-order valence-electron chi connectivity index (χ2n) is 6.21. The Bertz CT molecular complexity index is 978. The highest BCUT2D eigenvalue weighted by atomic mass is 35.5. The monoisotopic (exact) mass is 425 g/mol. The lowest BCUT2D eigenvalue weighted by molar-refractivity contribution is -0.139. The molecule has 0 N–H and O–H groups in total. The van der Waals surface area contributed by atoms with Gasteiger partial charge in [-0.25, -0.2) is 0 Å². The van der Waals surface area contributed by atoms with Gasteiger partial charge in [0, 0.05) is 18.1 Å². The van der Waals surface area contributed by atoms with Crippen LogP contribution < -0.4 is 9.64 Å². The third-order valence-corrected chi connectivity index (χ3v) is 5.25. The molecule has 140 valence electrons. The summed E-state index contributed by atoms with van der Waals surface area (Å²) in [4.78, 5) is 14.6. The second-order valence-corrected chi connectivity index (χ2v) is 7.46. The quantitative estimate of drug-likeness (QED) is 0.467. The molecule has 0 spiro atoms. The summed E-state index contributed by atoms with van der Waals surface area (Å²) in [7, 11) is 0. The first kappa shape index (κ1) is 18.3. The van der Waals surface area contributed by atoms with Crippen molar-refractivity contribution in [3.8, 4) is 5.75 Å². The molecule has 0 aliphatic carbocycles. The van der Waals surface area contributed by atoms with Crippen LogP contribution in [0, 0.1) is 5.92 Å². The summed E-state index contributed by atoms with van der Waals surface area (Å²) in [6.45, 7) is 1.37. The number of rotatable bonds is 3. The molecule has 3 heterocycles. The lowest BCUT2D eigenvalue weighted by atomic mass is 9.97. The Kier molecular flexibility index (Phi) is 5.08. The van der Waals surface area contributed by atoms with Gasteiger partial charge in [0.25, 0.3) is 0 Å². The molecule has 0 atom stereocenters. The molecule has 1 fully saturated rings. The predicted octanol–water partition coefficient (Wildman–Crippen LogP) is 3.91. The van der Waals surface area contributed by atoms with Gasteiger partial charge in [-0.1, -0.05) is 34.8 Å². The number of ether oxygens (including phenoxy) is 1. The summed E-state index contributed by atoms with van der Waals surface area (Å²) in [5.74, 6) is 0.387. The van der Waals surface area contributed by atoms with Crippen molar-refractivity contribution in [3.63, 3.8) is 0 Å². The molecule has 0 radical (unpaired) electrons. The Balaban J connectivity index is 1.40. The van der Waals surface area contributed by atoms with Gasteiger partial charge in [0.1, 0.15) is 12.1 Å². The van der Waals surface area contributed by atoms with E-state index in [1.54, 1.807) is 10.8 Å². The molecule has 3 aromatic rings. The molecule has 1 aliphatic heterocycles. The van der Waals surface area contributed by atoms with Gasteiger partial charge in [-0.2, -0.15) is 4.52 Å². The van der Waals surface area contributed by atoms with Crippen LogP contribution in [0.15, 0.2) is 30.6 Å². The fourth-order valence-corrected chi connectivity index (χ4v) is 3.94. The Morgan fingerprint density at radius 2 is 1.81 bits per heavy atom. The molecule has 1 aromatic carbocycles. The molecular formula is C17H14Cl3N5O2. The van der Waals surface area contributed by atoms with Crippen molar-refractivity contribution in [3.05, 3.63) is 45.7 Å². The van der Waals surface area contributed by atoms with Crippen LogP contribution in [0.5, 0.6) is 5.75 Å². The van der Waals surface area contributed by atoms with Crippen LogP contribution >= 0.6 is 34.8 Å². The van der Waals surface area contributed by atoms with Crippen molar-refractivity contribution in [2.75, 3.05) is 18.0 Å². The van der Waals surface area contributed by atoms with E-state index in [9.17, 15) is 4.79 Å². The van der Waals surface area contributed by atoms with Gasteiger partial charge in [0.05, 0.1) is 16.0 Å². The molecule has 10 heteroatoms. The lowest BCUT2D eigenvalue weighted by Gasteiger charge is -2.31. The first-order valence-electron chi connectivity index (χ1n) is 8.29. The highest BCUT2D eigenvalue weighted by molar-refractivity contribution is 6.40. The van der Waals surface area contributed by atoms with Gasteiger partial charge in [0.15, 0.2) is 11.4 Å². The van der Waals surface area contributed by atoms with Gasteiger partial charge in [0.2, 0.25) is 0 Å². The number of anilines is 1. The minimum atomic E-state index is -0.344. The number of carbonyl (C=O) groups excluding carboxylic acids is 1. The highest BCUT2D eigenvalue weighted by Gasteiger charge is 2.28. The van der Waals surface area contributed by atoms with Crippen molar-refractivity contribution in [1.29, 1.82) is 0 Å². The van der Waals surface area contributed by atoms with Gasteiger partial charge >= 0.3 is 5.97 Å². The summed E-state index contributed by atoms with van der Waals surface area (Å²) >= 11 is 18.0. The van der Waals surface area contributed by atoms with E-state index in [0.717, 1.165) is 5.82 Å². The van der Waals surface area contributed by atoms with Gasteiger partial charge in [-0.3, -0.25) is 4.79 Å². The molecule has 0 bridgehead atoms. The first-order valence-corrected chi connectivity index (χ1v) is 9.43. The maximum Gasteiger partial charge on any atom is 0.314 e. The van der Waals surface area contributed by atoms with Gasteiger partial charge in [-0.05, 0) is 37.1 Å². The average Bonchev–Trinajstić information content (AvgIpc) is 3.12. The van der Waals surface area contributed by atoms with Crippen LogP contribution in [0.2, 0.25) is 15.1 Å². The molecule has 27 heavy (non-hydrogen) atoms. The third kappa shape index (κ3) is 3.81. The van der Waals surface area contributed by atoms with E-state index in [1.807, 2.05) is 12.1 Å². The molecule has 7 nitrogen and oxygen atoms in total.